The number of rotatable bonds is 5. The van der Waals surface area contributed by atoms with Gasteiger partial charge in [0.15, 0.2) is 0 Å². The molecule has 2 aromatic rings. The number of halogens is 1. The molecule has 0 aliphatic carbocycles. The molecule has 106 valence electrons. The third-order valence-corrected chi connectivity index (χ3v) is 3.37. The molecule has 5 nitrogen and oxygen atoms in total. The van der Waals surface area contributed by atoms with Crippen LogP contribution in [0.5, 0.6) is 0 Å². The zero-order chi connectivity index (χ0) is 14.6. The van der Waals surface area contributed by atoms with Crippen molar-refractivity contribution in [1.29, 1.82) is 0 Å². The zero-order valence-corrected chi connectivity index (χ0v) is 11.9. The van der Waals surface area contributed by atoms with Crippen LogP contribution in [-0.2, 0) is 21.6 Å². The number of hydrogen-bond donors (Lipinski definition) is 1. The molecule has 0 saturated carbocycles. The number of benzene rings is 1. The summed E-state index contributed by atoms with van der Waals surface area (Å²) in [6.07, 6.45) is 3.59. The first-order valence-corrected chi connectivity index (χ1v) is 6.55. The molecule has 20 heavy (non-hydrogen) atoms. The Morgan fingerprint density at radius 3 is 2.70 bits per heavy atom. The van der Waals surface area contributed by atoms with Gasteiger partial charge in [0.2, 0.25) is 0 Å². The number of ether oxygens (including phenoxy) is 1. The van der Waals surface area contributed by atoms with E-state index in [-0.39, 0.29) is 0 Å². The lowest BCUT2D eigenvalue weighted by molar-refractivity contribution is -0.148. The summed E-state index contributed by atoms with van der Waals surface area (Å²) in [7, 11) is 1.33. The van der Waals surface area contributed by atoms with Crippen molar-refractivity contribution in [3.05, 3.63) is 53.3 Å². The fourth-order valence-corrected chi connectivity index (χ4v) is 2.19. The number of hydrogen-bond acceptors (Lipinski definition) is 4. The fraction of sp³-hybridized carbons (Fsp3) is 0.286. The second-order valence-corrected chi connectivity index (χ2v) is 4.94. The van der Waals surface area contributed by atoms with Crippen molar-refractivity contribution in [3.8, 4) is 0 Å². The van der Waals surface area contributed by atoms with Gasteiger partial charge in [-0.3, -0.25) is 4.68 Å². The molecule has 2 rings (SSSR count). The minimum absolute atomic E-state index is 0.363. The van der Waals surface area contributed by atoms with E-state index in [0.717, 1.165) is 0 Å². The molecule has 0 aliphatic rings. The van der Waals surface area contributed by atoms with Crippen LogP contribution in [0, 0.1) is 0 Å². The van der Waals surface area contributed by atoms with Gasteiger partial charge in [-0.2, -0.15) is 5.10 Å². The Hall–Kier alpha value is -1.85. The lowest BCUT2D eigenvalue weighted by Gasteiger charge is -2.27. The third-order valence-electron chi connectivity index (χ3n) is 3.18. The molecule has 1 atom stereocenters. The summed E-state index contributed by atoms with van der Waals surface area (Å²) in [5.74, 6) is -0.470. The average Bonchev–Trinajstić information content (AvgIpc) is 2.90. The lowest BCUT2D eigenvalue weighted by Crippen LogP contribution is -2.46. The van der Waals surface area contributed by atoms with Crippen LogP contribution in [0.1, 0.15) is 12.0 Å². The SMILES string of the molecule is COC(=O)C(N)(CCn1cc(Cl)cn1)c1ccccc1. The molecule has 6 heteroatoms. The molecular formula is C14H16ClN3O2. The monoisotopic (exact) mass is 293 g/mol. The van der Waals surface area contributed by atoms with Crippen LogP contribution < -0.4 is 5.73 Å². The van der Waals surface area contributed by atoms with Crippen molar-refractivity contribution in [1.82, 2.24) is 9.78 Å². The minimum atomic E-state index is -1.20. The Kier molecular flexibility index (Phi) is 4.42. The van der Waals surface area contributed by atoms with Gasteiger partial charge in [0.1, 0.15) is 5.54 Å². The Bertz CT molecular complexity index is 585. The number of methoxy groups -OCH3 is 1. The highest BCUT2D eigenvalue weighted by Gasteiger charge is 2.36. The van der Waals surface area contributed by atoms with Gasteiger partial charge < -0.3 is 10.5 Å². The molecule has 0 fully saturated rings. The molecule has 1 aromatic carbocycles. The summed E-state index contributed by atoms with van der Waals surface area (Å²) in [4.78, 5) is 12.1. The average molecular weight is 294 g/mol. The molecule has 0 spiro atoms. The van der Waals surface area contributed by atoms with Gasteiger partial charge in [-0.05, 0) is 12.0 Å². The van der Waals surface area contributed by atoms with Gasteiger partial charge in [-0.15, -0.1) is 0 Å². The summed E-state index contributed by atoms with van der Waals surface area (Å²) < 4.78 is 6.49. The van der Waals surface area contributed by atoms with Gasteiger partial charge >= 0.3 is 5.97 Å². The van der Waals surface area contributed by atoms with Gasteiger partial charge in [0.05, 0.1) is 18.3 Å². The number of esters is 1. The van der Waals surface area contributed by atoms with Crippen LogP contribution >= 0.6 is 11.6 Å². The maximum absolute atomic E-state index is 12.1. The Labute approximate surface area is 122 Å². The summed E-state index contributed by atoms with van der Waals surface area (Å²) in [5, 5.41) is 4.62. The predicted octanol–water partition coefficient (Wildman–Crippen LogP) is 1.95. The van der Waals surface area contributed by atoms with Crippen molar-refractivity contribution < 1.29 is 9.53 Å². The summed E-state index contributed by atoms with van der Waals surface area (Å²) in [5.41, 5.74) is 5.79. The zero-order valence-electron chi connectivity index (χ0n) is 11.1. The quantitative estimate of drug-likeness (QED) is 0.856. The molecule has 1 aromatic heterocycles. The van der Waals surface area contributed by atoms with E-state index in [1.165, 1.54) is 7.11 Å². The molecular weight excluding hydrogens is 278 g/mol. The number of carbonyl (C=O) groups excluding carboxylic acids is 1. The summed E-state index contributed by atoms with van der Waals surface area (Å²) in [6, 6.07) is 9.17. The predicted molar refractivity (Wildman–Crippen MR) is 76.2 cm³/mol. The maximum atomic E-state index is 12.1. The standard InChI is InChI=1S/C14H16ClN3O2/c1-20-13(19)14(16,11-5-3-2-4-6-11)7-8-18-10-12(15)9-17-18/h2-6,9-10H,7-8,16H2,1H3. The Balaban J connectivity index is 2.22. The van der Waals surface area contributed by atoms with E-state index in [2.05, 4.69) is 5.10 Å². The highest BCUT2D eigenvalue weighted by atomic mass is 35.5. The van der Waals surface area contributed by atoms with Crippen LogP contribution in [0.3, 0.4) is 0 Å². The fourth-order valence-electron chi connectivity index (χ4n) is 2.03. The van der Waals surface area contributed by atoms with E-state index in [4.69, 9.17) is 22.1 Å². The van der Waals surface area contributed by atoms with Crippen molar-refractivity contribution in [2.24, 2.45) is 5.73 Å². The Morgan fingerprint density at radius 1 is 1.45 bits per heavy atom. The lowest BCUT2D eigenvalue weighted by atomic mass is 9.87. The third kappa shape index (κ3) is 3.00. The number of nitrogens with two attached hydrogens (primary N) is 1. The first kappa shape index (κ1) is 14.6. The molecule has 0 aliphatic heterocycles. The number of aryl methyl sites for hydroxylation is 1. The van der Waals surface area contributed by atoms with Crippen LogP contribution in [0.15, 0.2) is 42.7 Å². The highest BCUT2D eigenvalue weighted by Crippen LogP contribution is 2.24. The summed E-state index contributed by atoms with van der Waals surface area (Å²) in [6.45, 7) is 0.465. The van der Waals surface area contributed by atoms with Crippen LogP contribution in [0.2, 0.25) is 5.02 Å². The molecule has 1 unspecified atom stereocenters. The van der Waals surface area contributed by atoms with E-state index in [9.17, 15) is 4.79 Å². The minimum Gasteiger partial charge on any atom is -0.467 e. The van der Waals surface area contributed by atoms with Crippen molar-refractivity contribution in [2.75, 3.05) is 7.11 Å². The molecule has 0 saturated heterocycles. The molecule has 1 heterocycles. The number of aromatic nitrogens is 2. The van der Waals surface area contributed by atoms with Gasteiger partial charge in [0, 0.05) is 12.7 Å². The number of nitrogens with zero attached hydrogens (tertiary/aromatic N) is 2. The van der Waals surface area contributed by atoms with Crippen molar-refractivity contribution in [2.45, 2.75) is 18.5 Å². The van der Waals surface area contributed by atoms with E-state index in [0.29, 0.717) is 23.6 Å². The molecule has 0 radical (unpaired) electrons. The van der Waals surface area contributed by atoms with E-state index < -0.39 is 11.5 Å². The van der Waals surface area contributed by atoms with E-state index in [1.807, 2.05) is 30.3 Å². The highest BCUT2D eigenvalue weighted by molar-refractivity contribution is 6.30. The van der Waals surface area contributed by atoms with Gasteiger partial charge in [0.25, 0.3) is 0 Å². The largest absolute Gasteiger partial charge is 0.467 e. The van der Waals surface area contributed by atoms with Crippen molar-refractivity contribution in [3.63, 3.8) is 0 Å². The van der Waals surface area contributed by atoms with Crippen molar-refractivity contribution >= 4 is 17.6 Å². The molecule has 2 N–H and O–H groups in total. The first-order chi connectivity index (χ1) is 9.56. The summed E-state index contributed by atoms with van der Waals surface area (Å²) >= 11 is 5.81. The maximum Gasteiger partial charge on any atom is 0.330 e. The van der Waals surface area contributed by atoms with E-state index in [1.54, 1.807) is 17.1 Å². The van der Waals surface area contributed by atoms with Crippen LogP contribution in [0.25, 0.3) is 0 Å². The first-order valence-electron chi connectivity index (χ1n) is 6.17. The second kappa shape index (κ2) is 6.07. The number of carbonyl (C=O) groups is 1. The molecule has 0 amide bonds. The van der Waals surface area contributed by atoms with Crippen LogP contribution in [0.4, 0.5) is 0 Å². The second-order valence-electron chi connectivity index (χ2n) is 4.50. The normalized spacial score (nSPS) is 13.8. The molecule has 0 bridgehead atoms. The van der Waals surface area contributed by atoms with Gasteiger partial charge in [-0.1, -0.05) is 41.9 Å². The van der Waals surface area contributed by atoms with Crippen LogP contribution in [-0.4, -0.2) is 22.9 Å². The van der Waals surface area contributed by atoms with Gasteiger partial charge in [-0.25, -0.2) is 4.79 Å². The van der Waals surface area contributed by atoms with E-state index >= 15 is 0 Å². The topological polar surface area (TPSA) is 70.1 Å². The Morgan fingerprint density at radius 2 is 2.15 bits per heavy atom. The smallest absolute Gasteiger partial charge is 0.330 e.